The molecule has 0 aromatic rings. The molecule has 0 aliphatic heterocycles. The van der Waals surface area contributed by atoms with Crippen LogP contribution in [-0.4, -0.2) is 39.1 Å². The summed E-state index contributed by atoms with van der Waals surface area (Å²) in [5.41, 5.74) is 5.76. The molecule has 0 aromatic carbocycles. The van der Waals surface area contributed by atoms with Crippen LogP contribution < -0.4 is 15.1 Å². The van der Waals surface area contributed by atoms with Crippen LogP contribution in [0.2, 0.25) is 0 Å². The van der Waals surface area contributed by atoms with Crippen molar-refractivity contribution in [2.75, 3.05) is 12.7 Å². The lowest BCUT2D eigenvalue weighted by Gasteiger charge is -2.15. The summed E-state index contributed by atoms with van der Waals surface area (Å²) in [5, 5.41) is 0. The predicted octanol–water partition coefficient (Wildman–Crippen LogP) is -2.97. The number of quaternary nitrogens is 1. The number of hydrogen-bond acceptors (Lipinski definition) is 0. The highest BCUT2D eigenvalue weighted by atomic mass is 31.1. The van der Waals surface area contributed by atoms with Gasteiger partial charge in [0.1, 0.15) is 12.7 Å². The first-order valence-corrected chi connectivity index (χ1v) is 7.41. The maximum Gasteiger partial charge on any atom is 0.762 e. The van der Waals surface area contributed by atoms with Crippen molar-refractivity contribution in [2.45, 2.75) is 39.0 Å². The molecule has 0 heterocycles. The summed E-state index contributed by atoms with van der Waals surface area (Å²) in [4.78, 5) is 0. The van der Waals surface area contributed by atoms with E-state index >= 15 is 0 Å². The van der Waals surface area contributed by atoms with E-state index in [4.69, 9.17) is 0 Å². The molecule has 0 aromatic heterocycles. The molecule has 0 saturated heterocycles. The topological polar surface area (TPSA) is 27.6 Å². The Balaban J connectivity index is -0.0000000637. The van der Waals surface area contributed by atoms with E-state index in [2.05, 4.69) is 33.4 Å². The van der Waals surface area contributed by atoms with E-state index in [1.807, 2.05) is 0 Å². The van der Waals surface area contributed by atoms with Crippen LogP contribution in [0.15, 0.2) is 0 Å². The van der Waals surface area contributed by atoms with Crippen molar-refractivity contribution < 1.29 is 41.0 Å². The summed E-state index contributed by atoms with van der Waals surface area (Å²) in [7, 11) is -7.43. The van der Waals surface area contributed by atoms with Crippen LogP contribution in [0.25, 0.3) is 0 Å². The van der Waals surface area contributed by atoms with Crippen molar-refractivity contribution in [1.29, 1.82) is 0 Å². The smallest absolute Gasteiger partial charge is 0.762 e. The average molecular weight is 337 g/mol. The highest BCUT2D eigenvalue weighted by molar-refractivity contribution is 7.59. The number of halogens is 8. The molecular formula is C8H22B2F8NP. The summed E-state index contributed by atoms with van der Waals surface area (Å²) in [6.45, 7) is 10.5. The van der Waals surface area contributed by atoms with Gasteiger partial charge in [-0.25, -0.2) is 0 Å². The third-order valence-electron chi connectivity index (χ3n) is 1.95. The molecule has 0 amide bonds. The predicted molar refractivity (Wildman–Crippen MR) is 69.4 cm³/mol. The van der Waals surface area contributed by atoms with Crippen LogP contribution >= 0.6 is 7.92 Å². The lowest BCUT2D eigenvalue weighted by atomic mass is 10.5. The second-order valence-corrected chi connectivity index (χ2v) is 7.94. The van der Waals surface area contributed by atoms with Gasteiger partial charge in [-0.05, 0) is 27.7 Å². The molecule has 0 radical (unpaired) electrons. The van der Waals surface area contributed by atoms with Crippen molar-refractivity contribution in [3.8, 4) is 0 Å². The van der Waals surface area contributed by atoms with E-state index in [1.165, 1.54) is 6.16 Å². The maximum absolute atomic E-state index is 9.67. The number of hydrogen-bond donors (Lipinski definition) is 1. The Morgan fingerprint density at radius 2 is 1.00 bits per heavy atom. The summed E-state index contributed by atoms with van der Waals surface area (Å²) >= 11 is 0. The van der Waals surface area contributed by atoms with Crippen molar-refractivity contribution >= 4 is 23.0 Å². The maximum atomic E-state index is 9.67. The second-order valence-electron chi connectivity index (χ2n) is 3.98. The van der Waals surface area contributed by atoms with Crippen molar-refractivity contribution in [3.05, 3.63) is 0 Å². The second kappa shape index (κ2) is 21.3. The molecule has 0 bridgehead atoms. The molecule has 0 spiro atoms. The van der Waals surface area contributed by atoms with Gasteiger partial charge in [0.2, 0.25) is 0 Å². The van der Waals surface area contributed by atoms with E-state index in [0.717, 1.165) is 17.9 Å². The molecule has 0 rings (SSSR count). The van der Waals surface area contributed by atoms with E-state index < -0.39 is 15.1 Å². The van der Waals surface area contributed by atoms with Gasteiger partial charge in [0.25, 0.3) is 0 Å². The zero-order chi connectivity index (χ0) is 15.3. The number of rotatable bonds is 4. The summed E-state index contributed by atoms with van der Waals surface area (Å²) in [6.07, 6.45) is 1.39. The van der Waals surface area contributed by atoms with Gasteiger partial charge in [0.15, 0.2) is 0 Å². The average Bonchev–Trinajstić information content (AvgIpc) is 2.10. The third-order valence-corrected chi connectivity index (χ3v) is 5.85. The van der Waals surface area contributed by atoms with Gasteiger partial charge in [-0.15, -0.1) is 0 Å². The quantitative estimate of drug-likeness (QED) is 0.323. The molecular weight excluding hydrogens is 315 g/mol. The Labute approximate surface area is 117 Å². The fourth-order valence-corrected chi connectivity index (χ4v) is 4.34. The van der Waals surface area contributed by atoms with E-state index in [9.17, 15) is 25.9 Å². The molecule has 0 aliphatic carbocycles. The standard InChI is InChI=1S/C8H20NP.2BF3.2FH/c1-7(2)10(6-5-9)8(3)4;2*2-1(3)4;;/h7-8H,5-6,9H2,1-4H3;;;2*1H. The highest BCUT2D eigenvalue weighted by Gasteiger charge is 2.23. The van der Waals surface area contributed by atoms with Gasteiger partial charge in [0.05, 0.1) is 11.3 Å². The molecule has 0 aliphatic rings. The minimum absolute atomic E-state index is 0. The zero-order valence-corrected chi connectivity index (χ0v) is 13.0. The Kier molecular flexibility index (Phi) is 34.1. The van der Waals surface area contributed by atoms with Gasteiger partial charge in [-0.1, -0.05) is 0 Å². The normalized spacial score (nSPS) is 8.70. The largest absolute Gasteiger partial charge is 1.00 e. The SMILES string of the molecule is CC(C)[PH+](CC[NH3+])C(C)C.FB(F)F.FB(F)F.[F-].[F-]. The Morgan fingerprint density at radius 1 is 0.800 bits per heavy atom. The minimum Gasteiger partial charge on any atom is -1.00 e. The first-order valence-electron chi connectivity index (χ1n) is 5.55. The third kappa shape index (κ3) is 43.0. The molecule has 0 fully saturated rings. The molecule has 0 unspecified atom stereocenters. The van der Waals surface area contributed by atoms with Crippen LogP contribution in [0.1, 0.15) is 27.7 Å². The van der Waals surface area contributed by atoms with Crippen LogP contribution in [0, 0.1) is 0 Å². The summed E-state index contributed by atoms with van der Waals surface area (Å²) < 4.78 is 58.0. The van der Waals surface area contributed by atoms with Crippen LogP contribution in [0.4, 0.5) is 25.9 Å². The van der Waals surface area contributed by atoms with Gasteiger partial charge in [0, 0.05) is 7.92 Å². The molecule has 126 valence electrons. The lowest BCUT2D eigenvalue weighted by Crippen LogP contribution is -3.00. The highest BCUT2D eigenvalue weighted by Crippen LogP contribution is 2.44. The summed E-state index contributed by atoms with van der Waals surface area (Å²) in [5.74, 6) is 0. The first kappa shape index (κ1) is 32.1. The molecule has 1 nitrogen and oxygen atoms in total. The fourth-order valence-electron chi connectivity index (χ4n) is 1.45. The molecule has 3 N–H and O–H groups in total. The van der Waals surface area contributed by atoms with E-state index in [1.54, 1.807) is 0 Å². The zero-order valence-electron chi connectivity index (χ0n) is 12.0. The minimum atomic E-state index is -3.67. The molecule has 0 atom stereocenters. The first-order chi connectivity index (χ1) is 8.06. The molecule has 0 saturated carbocycles. The van der Waals surface area contributed by atoms with Gasteiger partial charge in [-0.2, -0.15) is 0 Å². The monoisotopic (exact) mass is 337 g/mol. The Bertz CT molecular complexity index is 148. The van der Waals surface area contributed by atoms with Crippen molar-refractivity contribution in [2.24, 2.45) is 0 Å². The molecule has 12 heteroatoms. The van der Waals surface area contributed by atoms with E-state index in [-0.39, 0.29) is 17.3 Å². The van der Waals surface area contributed by atoms with Gasteiger partial charge in [-0.3, -0.25) is 25.9 Å². The Morgan fingerprint density at radius 3 is 1.05 bits per heavy atom. The summed E-state index contributed by atoms with van der Waals surface area (Å²) in [6, 6.07) is 0. The van der Waals surface area contributed by atoms with Crippen molar-refractivity contribution in [1.82, 2.24) is 0 Å². The van der Waals surface area contributed by atoms with Gasteiger partial charge >= 0.3 is 15.1 Å². The Hall–Kier alpha value is -0.0401. The van der Waals surface area contributed by atoms with Crippen LogP contribution in [0.5, 0.6) is 0 Å². The van der Waals surface area contributed by atoms with Crippen LogP contribution in [0.3, 0.4) is 0 Å². The van der Waals surface area contributed by atoms with Crippen LogP contribution in [-0.2, 0) is 0 Å². The van der Waals surface area contributed by atoms with Crippen molar-refractivity contribution in [3.63, 3.8) is 0 Å². The fraction of sp³-hybridized carbons (Fsp3) is 1.00. The molecule has 20 heavy (non-hydrogen) atoms. The lowest BCUT2D eigenvalue weighted by molar-refractivity contribution is -0.360. The van der Waals surface area contributed by atoms with E-state index in [0.29, 0.717) is 0 Å². The van der Waals surface area contributed by atoms with Gasteiger partial charge < -0.3 is 15.1 Å².